The van der Waals surface area contributed by atoms with Crippen molar-refractivity contribution < 1.29 is 5.11 Å². The summed E-state index contributed by atoms with van der Waals surface area (Å²) in [5.74, 6) is 1.06. The van der Waals surface area contributed by atoms with E-state index in [1.54, 1.807) is 0 Å². The number of nitrogens with zero attached hydrogens (tertiary/aromatic N) is 2. The largest absolute Gasteiger partial charge is 0.396 e. The van der Waals surface area contributed by atoms with Crippen molar-refractivity contribution in [3.05, 3.63) is 10.8 Å². The van der Waals surface area contributed by atoms with Crippen molar-refractivity contribution in [1.82, 2.24) is 9.97 Å². The number of hydrogen-bond donors (Lipinski definition) is 3. The molecule has 0 amide bonds. The number of aromatic nitrogens is 2. The van der Waals surface area contributed by atoms with Crippen LogP contribution in [-0.2, 0) is 0 Å². The van der Waals surface area contributed by atoms with E-state index in [-0.39, 0.29) is 6.61 Å². The van der Waals surface area contributed by atoms with Gasteiger partial charge >= 0.3 is 0 Å². The van der Waals surface area contributed by atoms with E-state index in [0.717, 1.165) is 0 Å². The lowest BCUT2D eigenvalue weighted by Gasteiger charge is -2.06. The van der Waals surface area contributed by atoms with Crippen LogP contribution in [0.4, 0.5) is 11.6 Å². The molecule has 1 aromatic rings. The van der Waals surface area contributed by atoms with Crippen molar-refractivity contribution in [2.45, 2.75) is 6.42 Å². The monoisotopic (exact) mass is 246 g/mol. The Labute approximate surface area is 84.5 Å². The summed E-state index contributed by atoms with van der Waals surface area (Å²) in [6, 6.07) is 0. The topological polar surface area (TPSA) is 84.1 Å². The quantitative estimate of drug-likeness (QED) is 0.679. The molecule has 1 aromatic heterocycles. The highest BCUT2D eigenvalue weighted by atomic mass is 79.9. The number of nitrogens with two attached hydrogens (primary N) is 1. The van der Waals surface area contributed by atoms with Crippen molar-refractivity contribution in [2.24, 2.45) is 0 Å². The normalized spacial score (nSPS) is 10.0. The number of hydrogen-bond acceptors (Lipinski definition) is 5. The minimum atomic E-state index is 0.158. The first-order valence-corrected chi connectivity index (χ1v) is 4.65. The predicted molar refractivity (Wildman–Crippen MR) is 54.3 cm³/mol. The maximum atomic E-state index is 8.56. The van der Waals surface area contributed by atoms with E-state index in [1.165, 1.54) is 6.33 Å². The van der Waals surface area contributed by atoms with Crippen LogP contribution in [0.3, 0.4) is 0 Å². The number of aliphatic hydroxyl groups is 1. The molecule has 0 aliphatic carbocycles. The lowest BCUT2D eigenvalue weighted by molar-refractivity contribution is 0.292. The molecule has 4 N–H and O–H groups in total. The molecular formula is C7H11BrN4O. The molecule has 0 unspecified atom stereocenters. The molecule has 5 nitrogen and oxygen atoms in total. The molecular weight excluding hydrogens is 236 g/mol. The van der Waals surface area contributed by atoms with Gasteiger partial charge < -0.3 is 16.2 Å². The standard InChI is InChI=1S/C7H11BrN4O/c8-5-6(9)11-4-12-7(5)10-2-1-3-13/h4,13H,1-3H2,(H3,9,10,11,12). The zero-order valence-corrected chi connectivity index (χ0v) is 8.58. The highest BCUT2D eigenvalue weighted by Crippen LogP contribution is 2.23. The van der Waals surface area contributed by atoms with Crippen LogP contribution in [0.25, 0.3) is 0 Å². The van der Waals surface area contributed by atoms with Crippen molar-refractivity contribution in [2.75, 3.05) is 24.2 Å². The first-order chi connectivity index (χ1) is 6.25. The summed E-state index contributed by atoms with van der Waals surface area (Å²) in [6.45, 7) is 0.816. The van der Waals surface area contributed by atoms with Gasteiger partial charge in [-0.15, -0.1) is 0 Å². The average molecular weight is 247 g/mol. The summed E-state index contributed by atoms with van der Waals surface area (Å²) in [5.41, 5.74) is 5.54. The van der Waals surface area contributed by atoms with E-state index < -0.39 is 0 Å². The number of halogens is 1. The Morgan fingerprint density at radius 2 is 2.31 bits per heavy atom. The fourth-order valence-corrected chi connectivity index (χ4v) is 1.14. The molecule has 13 heavy (non-hydrogen) atoms. The van der Waals surface area contributed by atoms with Gasteiger partial charge in [-0.05, 0) is 22.4 Å². The van der Waals surface area contributed by atoms with Gasteiger partial charge in [0.25, 0.3) is 0 Å². The molecule has 0 spiro atoms. The summed E-state index contributed by atoms with van der Waals surface area (Å²) in [7, 11) is 0. The highest BCUT2D eigenvalue weighted by Gasteiger charge is 2.03. The third-order valence-electron chi connectivity index (χ3n) is 1.44. The van der Waals surface area contributed by atoms with Crippen LogP contribution in [0.5, 0.6) is 0 Å². The number of rotatable bonds is 4. The molecule has 0 saturated heterocycles. The molecule has 0 bridgehead atoms. The fourth-order valence-electron chi connectivity index (χ4n) is 0.793. The number of aliphatic hydroxyl groups excluding tert-OH is 1. The Morgan fingerprint density at radius 1 is 1.54 bits per heavy atom. The molecule has 1 heterocycles. The van der Waals surface area contributed by atoms with Gasteiger partial charge in [-0.3, -0.25) is 0 Å². The molecule has 0 aliphatic heterocycles. The summed E-state index contributed by atoms with van der Waals surface area (Å²) in [5, 5.41) is 11.6. The Morgan fingerprint density at radius 3 is 3.00 bits per heavy atom. The summed E-state index contributed by atoms with van der Waals surface area (Å²) >= 11 is 3.26. The van der Waals surface area contributed by atoms with Crippen LogP contribution < -0.4 is 11.1 Å². The molecule has 72 valence electrons. The number of nitrogen functional groups attached to an aromatic ring is 1. The molecule has 0 atom stereocenters. The Balaban J connectivity index is 2.61. The zero-order chi connectivity index (χ0) is 9.68. The number of anilines is 2. The smallest absolute Gasteiger partial charge is 0.145 e. The lowest BCUT2D eigenvalue weighted by Crippen LogP contribution is -2.07. The number of nitrogens with one attached hydrogen (secondary N) is 1. The van der Waals surface area contributed by atoms with E-state index in [2.05, 4.69) is 31.2 Å². The van der Waals surface area contributed by atoms with Gasteiger partial charge in [0.1, 0.15) is 22.4 Å². The Bertz CT molecular complexity index is 281. The zero-order valence-electron chi connectivity index (χ0n) is 7.00. The predicted octanol–water partition coefficient (Wildman–Crippen LogP) is 0.616. The summed E-state index contributed by atoms with van der Waals surface area (Å²) in [6.07, 6.45) is 2.07. The molecule has 6 heteroatoms. The van der Waals surface area contributed by atoms with E-state index in [0.29, 0.717) is 29.1 Å². The molecule has 0 aliphatic rings. The van der Waals surface area contributed by atoms with Crippen LogP contribution in [-0.4, -0.2) is 28.2 Å². The van der Waals surface area contributed by atoms with Gasteiger partial charge in [0, 0.05) is 13.2 Å². The first-order valence-electron chi connectivity index (χ1n) is 3.86. The van der Waals surface area contributed by atoms with Crippen molar-refractivity contribution in [3.63, 3.8) is 0 Å². The SMILES string of the molecule is Nc1ncnc(NCCCO)c1Br. The van der Waals surface area contributed by atoms with Gasteiger partial charge in [-0.2, -0.15) is 0 Å². The molecule has 0 fully saturated rings. The van der Waals surface area contributed by atoms with E-state index in [9.17, 15) is 0 Å². The van der Waals surface area contributed by atoms with E-state index >= 15 is 0 Å². The Kier molecular flexibility index (Phi) is 3.91. The second-order valence-corrected chi connectivity index (χ2v) is 3.22. The van der Waals surface area contributed by atoms with Gasteiger partial charge in [0.2, 0.25) is 0 Å². The van der Waals surface area contributed by atoms with Crippen molar-refractivity contribution in [1.29, 1.82) is 0 Å². The lowest BCUT2D eigenvalue weighted by atomic mass is 10.4. The highest BCUT2D eigenvalue weighted by molar-refractivity contribution is 9.10. The van der Waals surface area contributed by atoms with E-state index in [4.69, 9.17) is 10.8 Å². The van der Waals surface area contributed by atoms with Gasteiger partial charge in [-0.1, -0.05) is 0 Å². The van der Waals surface area contributed by atoms with Gasteiger partial charge in [0.15, 0.2) is 0 Å². The molecule has 0 radical (unpaired) electrons. The molecule has 0 saturated carbocycles. The second-order valence-electron chi connectivity index (χ2n) is 2.43. The van der Waals surface area contributed by atoms with Gasteiger partial charge in [0.05, 0.1) is 0 Å². The van der Waals surface area contributed by atoms with Crippen LogP contribution >= 0.6 is 15.9 Å². The first kappa shape index (κ1) is 10.2. The molecule has 1 rings (SSSR count). The fraction of sp³-hybridized carbons (Fsp3) is 0.429. The van der Waals surface area contributed by atoms with Crippen LogP contribution in [0.15, 0.2) is 10.8 Å². The minimum Gasteiger partial charge on any atom is -0.396 e. The maximum Gasteiger partial charge on any atom is 0.145 e. The molecule has 0 aromatic carbocycles. The second kappa shape index (κ2) is 4.98. The summed E-state index contributed by atoms with van der Waals surface area (Å²) in [4.78, 5) is 7.78. The van der Waals surface area contributed by atoms with Crippen molar-refractivity contribution >= 4 is 27.6 Å². The van der Waals surface area contributed by atoms with Crippen LogP contribution in [0.2, 0.25) is 0 Å². The third kappa shape index (κ3) is 2.82. The third-order valence-corrected chi connectivity index (χ3v) is 2.23. The average Bonchev–Trinajstić information content (AvgIpc) is 2.13. The minimum absolute atomic E-state index is 0.158. The summed E-state index contributed by atoms with van der Waals surface area (Å²) < 4.78 is 0.660. The van der Waals surface area contributed by atoms with Crippen molar-refractivity contribution in [3.8, 4) is 0 Å². The van der Waals surface area contributed by atoms with E-state index in [1.807, 2.05) is 0 Å². The Hall–Kier alpha value is -0.880. The van der Waals surface area contributed by atoms with Gasteiger partial charge in [-0.25, -0.2) is 9.97 Å². The maximum absolute atomic E-state index is 8.56. The van der Waals surface area contributed by atoms with Crippen LogP contribution in [0, 0.1) is 0 Å². The van der Waals surface area contributed by atoms with Crippen LogP contribution in [0.1, 0.15) is 6.42 Å².